The molecule has 0 fully saturated rings. The van der Waals surface area contributed by atoms with E-state index in [0.29, 0.717) is 21.4 Å². The van der Waals surface area contributed by atoms with Crippen molar-refractivity contribution in [2.45, 2.75) is 20.0 Å². The van der Waals surface area contributed by atoms with E-state index in [1.807, 2.05) is 0 Å². The largest absolute Gasteiger partial charge is 0.449 e. The maximum absolute atomic E-state index is 12.2. The van der Waals surface area contributed by atoms with Gasteiger partial charge < -0.3 is 15.4 Å². The average molecular weight is 395 g/mol. The monoisotopic (exact) mass is 394 g/mol. The Morgan fingerprint density at radius 3 is 2.23 bits per heavy atom. The van der Waals surface area contributed by atoms with Gasteiger partial charge >= 0.3 is 5.97 Å². The first-order valence-electron chi connectivity index (χ1n) is 7.60. The first-order valence-corrected chi connectivity index (χ1v) is 8.36. The molecule has 0 aromatic heterocycles. The Labute approximate surface area is 160 Å². The van der Waals surface area contributed by atoms with Crippen molar-refractivity contribution in [3.8, 4) is 0 Å². The van der Waals surface area contributed by atoms with E-state index < -0.39 is 18.0 Å². The number of rotatable bonds is 5. The van der Waals surface area contributed by atoms with Crippen molar-refractivity contribution in [3.05, 3.63) is 58.1 Å². The highest BCUT2D eigenvalue weighted by molar-refractivity contribution is 6.35. The van der Waals surface area contributed by atoms with Crippen LogP contribution in [0.3, 0.4) is 0 Å². The smallest absolute Gasteiger partial charge is 0.338 e. The van der Waals surface area contributed by atoms with Gasteiger partial charge in [0.15, 0.2) is 6.10 Å². The Morgan fingerprint density at radius 2 is 1.62 bits per heavy atom. The van der Waals surface area contributed by atoms with Crippen molar-refractivity contribution < 1.29 is 19.1 Å². The van der Waals surface area contributed by atoms with Gasteiger partial charge in [-0.1, -0.05) is 29.3 Å². The molecule has 0 saturated heterocycles. The Kier molecular flexibility index (Phi) is 6.60. The Morgan fingerprint density at radius 1 is 0.962 bits per heavy atom. The lowest BCUT2D eigenvalue weighted by atomic mass is 10.2. The van der Waals surface area contributed by atoms with E-state index in [9.17, 15) is 14.4 Å². The van der Waals surface area contributed by atoms with Gasteiger partial charge in [0.2, 0.25) is 5.91 Å². The zero-order chi connectivity index (χ0) is 19.3. The molecule has 0 heterocycles. The third-order valence-corrected chi connectivity index (χ3v) is 3.64. The Hall–Kier alpha value is -2.57. The van der Waals surface area contributed by atoms with E-state index >= 15 is 0 Å². The fourth-order valence-electron chi connectivity index (χ4n) is 2.08. The molecule has 2 aromatic rings. The van der Waals surface area contributed by atoms with Crippen molar-refractivity contribution in [2.24, 2.45) is 0 Å². The predicted octanol–water partition coefficient (Wildman–Crippen LogP) is 4.14. The molecule has 8 heteroatoms. The van der Waals surface area contributed by atoms with E-state index in [2.05, 4.69) is 10.6 Å². The third-order valence-electron chi connectivity index (χ3n) is 3.20. The summed E-state index contributed by atoms with van der Waals surface area (Å²) in [6, 6.07) is 10.8. The highest BCUT2D eigenvalue weighted by Gasteiger charge is 2.19. The molecule has 0 radical (unpaired) electrons. The van der Waals surface area contributed by atoms with Crippen LogP contribution in [0.2, 0.25) is 10.0 Å². The fourth-order valence-corrected chi connectivity index (χ4v) is 2.61. The zero-order valence-corrected chi connectivity index (χ0v) is 15.5. The van der Waals surface area contributed by atoms with Crippen LogP contribution in [-0.2, 0) is 14.3 Å². The molecule has 6 nitrogen and oxygen atoms in total. The van der Waals surface area contributed by atoms with Gasteiger partial charge in [-0.2, -0.15) is 0 Å². The minimum absolute atomic E-state index is 0.210. The Bertz CT molecular complexity index is 835. The quantitative estimate of drug-likeness (QED) is 0.746. The normalized spacial score (nSPS) is 11.4. The van der Waals surface area contributed by atoms with Gasteiger partial charge in [0, 0.05) is 28.3 Å². The molecule has 26 heavy (non-hydrogen) atoms. The van der Waals surface area contributed by atoms with E-state index in [0.717, 1.165) is 0 Å². The maximum atomic E-state index is 12.2. The van der Waals surface area contributed by atoms with Gasteiger partial charge in [-0.25, -0.2) is 4.79 Å². The second-order valence-corrected chi connectivity index (χ2v) is 6.33. The highest BCUT2D eigenvalue weighted by atomic mass is 35.5. The lowest BCUT2D eigenvalue weighted by Crippen LogP contribution is -2.30. The summed E-state index contributed by atoms with van der Waals surface area (Å²) in [4.78, 5) is 35.5. The number of hydrogen-bond donors (Lipinski definition) is 2. The molecule has 2 amide bonds. The van der Waals surface area contributed by atoms with Crippen LogP contribution in [0.5, 0.6) is 0 Å². The maximum Gasteiger partial charge on any atom is 0.338 e. The number of hydrogen-bond acceptors (Lipinski definition) is 4. The molecule has 0 unspecified atom stereocenters. The molecule has 0 aliphatic heterocycles. The van der Waals surface area contributed by atoms with Crippen molar-refractivity contribution >= 4 is 52.4 Å². The van der Waals surface area contributed by atoms with Crippen LogP contribution in [0.4, 0.5) is 11.4 Å². The van der Waals surface area contributed by atoms with E-state index in [1.165, 1.54) is 44.2 Å². The lowest BCUT2D eigenvalue weighted by molar-refractivity contribution is -0.123. The molecule has 2 aromatic carbocycles. The second kappa shape index (κ2) is 8.69. The summed E-state index contributed by atoms with van der Waals surface area (Å²) < 4.78 is 5.16. The number of benzene rings is 2. The van der Waals surface area contributed by atoms with Crippen LogP contribution in [0.25, 0.3) is 0 Å². The summed E-state index contributed by atoms with van der Waals surface area (Å²) in [5.41, 5.74) is 1.06. The number of amides is 2. The van der Waals surface area contributed by atoms with Gasteiger partial charge in [0.1, 0.15) is 0 Å². The van der Waals surface area contributed by atoms with Gasteiger partial charge in [-0.3, -0.25) is 9.59 Å². The minimum atomic E-state index is -1.05. The van der Waals surface area contributed by atoms with Crippen LogP contribution >= 0.6 is 23.2 Å². The topological polar surface area (TPSA) is 84.5 Å². The van der Waals surface area contributed by atoms with Crippen molar-refractivity contribution in [3.63, 3.8) is 0 Å². The van der Waals surface area contributed by atoms with Gasteiger partial charge in [0.05, 0.1) is 5.56 Å². The zero-order valence-electron chi connectivity index (χ0n) is 14.0. The third kappa shape index (κ3) is 5.75. The molecule has 1 atom stereocenters. The predicted molar refractivity (Wildman–Crippen MR) is 101 cm³/mol. The molecule has 2 N–H and O–H groups in total. The van der Waals surface area contributed by atoms with E-state index in [4.69, 9.17) is 27.9 Å². The average Bonchev–Trinajstić information content (AvgIpc) is 2.53. The van der Waals surface area contributed by atoms with E-state index in [1.54, 1.807) is 12.1 Å². The fraction of sp³-hybridized carbons (Fsp3) is 0.167. The molecule has 0 bridgehead atoms. The SMILES string of the molecule is CC(=O)Nc1cccc(C(=O)O[C@@H](C)C(=O)Nc2cc(Cl)cc(Cl)c2)c1. The molecule has 2 rings (SSSR count). The molecule has 0 aliphatic carbocycles. The first-order chi connectivity index (χ1) is 12.2. The minimum Gasteiger partial charge on any atom is -0.449 e. The number of nitrogens with one attached hydrogen (secondary N) is 2. The molecule has 0 saturated carbocycles. The van der Waals surface area contributed by atoms with Gasteiger partial charge in [0.25, 0.3) is 5.91 Å². The number of carbonyl (C=O) groups is 3. The van der Waals surface area contributed by atoms with Crippen LogP contribution < -0.4 is 10.6 Å². The van der Waals surface area contributed by atoms with Gasteiger partial charge in [-0.15, -0.1) is 0 Å². The number of halogens is 2. The number of ether oxygens (including phenoxy) is 1. The Balaban J connectivity index is 2.01. The first kappa shape index (κ1) is 19.8. The van der Waals surface area contributed by atoms with Crippen LogP contribution in [0.1, 0.15) is 24.2 Å². The summed E-state index contributed by atoms with van der Waals surface area (Å²) in [5, 5.41) is 5.88. The van der Waals surface area contributed by atoms with E-state index in [-0.39, 0.29) is 11.5 Å². The standard InChI is InChI=1S/C18H16Cl2N2O4/c1-10(17(24)22-16-8-13(19)7-14(20)9-16)26-18(25)12-4-3-5-15(6-12)21-11(2)23/h3-10H,1-2H3,(H,21,23)(H,22,24)/t10-/m0/s1. The summed E-state index contributed by atoms with van der Waals surface area (Å²) in [6.45, 7) is 2.80. The number of anilines is 2. The summed E-state index contributed by atoms with van der Waals surface area (Å²) in [6.07, 6.45) is -1.05. The van der Waals surface area contributed by atoms with Crippen molar-refractivity contribution in [1.29, 1.82) is 0 Å². The second-order valence-electron chi connectivity index (χ2n) is 5.46. The summed E-state index contributed by atoms with van der Waals surface area (Å²) in [5.74, 6) is -1.48. The molecular formula is C18H16Cl2N2O4. The van der Waals surface area contributed by atoms with Crippen molar-refractivity contribution in [2.75, 3.05) is 10.6 Å². The number of carbonyl (C=O) groups excluding carboxylic acids is 3. The van der Waals surface area contributed by atoms with Crippen LogP contribution in [0, 0.1) is 0 Å². The molecular weight excluding hydrogens is 379 g/mol. The van der Waals surface area contributed by atoms with Crippen LogP contribution in [-0.4, -0.2) is 23.9 Å². The van der Waals surface area contributed by atoms with Gasteiger partial charge in [-0.05, 0) is 43.3 Å². The molecule has 136 valence electrons. The number of esters is 1. The molecule has 0 aliphatic rings. The highest BCUT2D eigenvalue weighted by Crippen LogP contribution is 2.22. The summed E-state index contributed by atoms with van der Waals surface area (Å²) >= 11 is 11.8. The lowest BCUT2D eigenvalue weighted by Gasteiger charge is -2.14. The van der Waals surface area contributed by atoms with Crippen molar-refractivity contribution in [1.82, 2.24) is 0 Å². The molecule has 0 spiro atoms. The van der Waals surface area contributed by atoms with Crippen LogP contribution in [0.15, 0.2) is 42.5 Å². The summed E-state index contributed by atoms with van der Waals surface area (Å²) in [7, 11) is 0.